The average Bonchev–Trinajstić information content (AvgIpc) is 3.11. The van der Waals surface area contributed by atoms with E-state index in [0.29, 0.717) is 0 Å². The molecule has 1 N–H and O–H groups in total. The second kappa shape index (κ2) is 6.35. The monoisotopic (exact) mass is 301 g/mol. The molecule has 1 aromatic heterocycles. The summed E-state index contributed by atoms with van der Waals surface area (Å²) < 4.78 is 1.87. The van der Waals surface area contributed by atoms with Crippen molar-refractivity contribution in [3.05, 3.63) is 42.1 Å². The lowest BCUT2D eigenvalue weighted by Gasteiger charge is -2.11. The number of aryl methyl sites for hydroxylation is 1. The molecule has 2 aromatic rings. The fourth-order valence-corrected chi connectivity index (χ4v) is 3.66. The van der Waals surface area contributed by atoms with Gasteiger partial charge in [0.25, 0.3) is 0 Å². The summed E-state index contributed by atoms with van der Waals surface area (Å²) in [5, 5.41) is 7.24. The van der Waals surface area contributed by atoms with Crippen LogP contribution in [0.15, 0.2) is 41.4 Å². The summed E-state index contributed by atoms with van der Waals surface area (Å²) in [5.74, 6) is 0.861. The van der Waals surface area contributed by atoms with Crippen LogP contribution in [0, 0.1) is 0 Å². The van der Waals surface area contributed by atoms with Gasteiger partial charge in [0, 0.05) is 17.5 Å². The van der Waals surface area contributed by atoms with Gasteiger partial charge in [-0.2, -0.15) is 5.10 Å². The number of aromatic nitrogens is 2. The van der Waals surface area contributed by atoms with Gasteiger partial charge < -0.3 is 5.32 Å². The Morgan fingerprint density at radius 2 is 2.29 bits per heavy atom. The normalized spacial score (nSPS) is 16.7. The first-order valence-corrected chi connectivity index (χ1v) is 8.23. The summed E-state index contributed by atoms with van der Waals surface area (Å²) in [6.07, 6.45) is 4.72. The molecule has 0 aliphatic carbocycles. The molecule has 0 unspecified atom stereocenters. The van der Waals surface area contributed by atoms with Crippen molar-refractivity contribution in [2.75, 3.05) is 5.32 Å². The highest BCUT2D eigenvalue weighted by atomic mass is 32.2. The molecule has 0 spiro atoms. The van der Waals surface area contributed by atoms with Crippen molar-refractivity contribution >= 4 is 23.5 Å². The van der Waals surface area contributed by atoms with Crippen LogP contribution in [0.25, 0.3) is 0 Å². The number of nitrogens with one attached hydrogen (secondary N) is 1. The number of amides is 1. The van der Waals surface area contributed by atoms with Crippen LogP contribution in [-0.4, -0.2) is 20.9 Å². The van der Waals surface area contributed by atoms with Gasteiger partial charge in [-0.25, -0.2) is 4.68 Å². The fraction of sp³-hybridized carbons (Fsp3) is 0.375. The van der Waals surface area contributed by atoms with Gasteiger partial charge in [-0.05, 0) is 24.5 Å². The van der Waals surface area contributed by atoms with Crippen molar-refractivity contribution in [1.82, 2.24) is 9.78 Å². The van der Waals surface area contributed by atoms with E-state index in [0.717, 1.165) is 31.6 Å². The molecule has 110 valence electrons. The molecule has 1 amide bonds. The number of hydrogen-bond acceptors (Lipinski definition) is 3. The summed E-state index contributed by atoms with van der Waals surface area (Å²) in [4.78, 5) is 13.7. The van der Waals surface area contributed by atoms with E-state index in [4.69, 9.17) is 0 Å². The third kappa shape index (κ3) is 3.13. The quantitative estimate of drug-likeness (QED) is 0.921. The molecule has 0 radical (unpaired) electrons. The summed E-state index contributed by atoms with van der Waals surface area (Å²) in [6.45, 7) is 2.99. The van der Waals surface area contributed by atoms with Crippen molar-refractivity contribution < 1.29 is 4.79 Å². The third-order valence-electron chi connectivity index (χ3n) is 3.63. The Morgan fingerprint density at radius 3 is 3.10 bits per heavy atom. The number of unbranched alkanes of at least 4 members (excludes halogenated alkanes) is 1. The zero-order valence-electron chi connectivity index (χ0n) is 12.1. The summed E-state index contributed by atoms with van der Waals surface area (Å²) in [6, 6.07) is 10.1. The van der Waals surface area contributed by atoms with Crippen LogP contribution in [0.3, 0.4) is 0 Å². The molecule has 0 saturated heterocycles. The number of carbonyl (C=O) groups excluding carboxylic acids is 1. The second-order valence-electron chi connectivity index (χ2n) is 5.20. The number of thioether (sulfide) groups is 1. The summed E-state index contributed by atoms with van der Waals surface area (Å²) >= 11 is 1.65. The van der Waals surface area contributed by atoms with Gasteiger partial charge in [0.15, 0.2) is 0 Å². The van der Waals surface area contributed by atoms with Crippen LogP contribution >= 0.6 is 11.8 Å². The zero-order valence-corrected chi connectivity index (χ0v) is 12.9. The predicted octanol–water partition coefficient (Wildman–Crippen LogP) is 3.34. The van der Waals surface area contributed by atoms with Crippen LogP contribution in [0.1, 0.15) is 25.3 Å². The lowest BCUT2D eigenvalue weighted by molar-refractivity contribution is -0.115. The van der Waals surface area contributed by atoms with E-state index in [1.54, 1.807) is 18.0 Å². The van der Waals surface area contributed by atoms with Gasteiger partial charge in [0.1, 0.15) is 5.82 Å². The van der Waals surface area contributed by atoms with Crippen molar-refractivity contribution in [3.63, 3.8) is 0 Å². The van der Waals surface area contributed by atoms with Crippen LogP contribution in [0.5, 0.6) is 0 Å². The lowest BCUT2D eigenvalue weighted by atomic mass is 10.1. The van der Waals surface area contributed by atoms with Gasteiger partial charge in [-0.15, -0.1) is 11.8 Å². The first kappa shape index (κ1) is 14.2. The minimum atomic E-state index is -0.0445. The topological polar surface area (TPSA) is 46.9 Å². The van der Waals surface area contributed by atoms with Gasteiger partial charge >= 0.3 is 0 Å². The van der Waals surface area contributed by atoms with Crippen molar-refractivity contribution in [2.45, 2.75) is 42.9 Å². The van der Waals surface area contributed by atoms with Gasteiger partial charge in [0.2, 0.25) is 5.91 Å². The zero-order chi connectivity index (χ0) is 14.7. The maximum atomic E-state index is 12.4. The van der Waals surface area contributed by atoms with Crippen molar-refractivity contribution in [3.8, 4) is 0 Å². The van der Waals surface area contributed by atoms with E-state index in [2.05, 4.69) is 29.5 Å². The highest BCUT2D eigenvalue weighted by Gasteiger charge is 2.28. The maximum absolute atomic E-state index is 12.4. The van der Waals surface area contributed by atoms with E-state index in [1.165, 1.54) is 10.5 Å². The van der Waals surface area contributed by atoms with Crippen molar-refractivity contribution in [2.24, 2.45) is 0 Å². The van der Waals surface area contributed by atoms with Gasteiger partial charge in [0.05, 0.1) is 11.4 Å². The predicted molar refractivity (Wildman–Crippen MR) is 85.6 cm³/mol. The molecule has 1 aromatic carbocycles. The third-order valence-corrected chi connectivity index (χ3v) is 4.95. The molecular formula is C16H19N3OS. The largest absolute Gasteiger partial charge is 0.310 e. The average molecular weight is 301 g/mol. The molecule has 0 fully saturated rings. The molecule has 1 aliphatic rings. The molecule has 3 rings (SSSR count). The molecule has 0 bridgehead atoms. The fourth-order valence-electron chi connectivity index (χ4n) is 2.46. The Hall–Kier alpha value is -1.75. The SMILES string of the molecule is CCCCn1nccc1NC(=O)[C@H]1Cc2ccccc2S1. The Morgan fingerprint density at radius 1 is 1.43 bits per heavy atom. The van der Waals surface area contributed by atoms with Gasteiger partial charge in [-0.1, -0.05) is 31.5 Å². The molecule has 1 aliphatic heterocycles. The van der Waals surface area contributed by atoms with Gasteiger partial charge in [-0.3, -0.25) is 4.79 Å². The number of carbonyl (C=O) groups is 1. The molecule has 0 saturated carbocycles. The first-order chi connectivity index (χ1) is 10.3. The lowest BCUT2D eigenvalue weighted by Crippen LogP contribution is -2.26. The van der Waals surface area contributed by atoms with E-state index >= 15 is 0 Å². The number of anilines is 1. The van der Waals surface area contributed by atoms with Crippen LogP contribution in [0.2, 0.25) is 0 Å². The Labute approximate surface area is 128 Å². The molecule has 5 heteroatoms. The molecule has 1 atom stereocenters. The van der Waals surface area contributed by atoms with Crippen molar-refractivity contribution in [1.29, 1.82) is 0 Å². The summed E-state index contributed by atoms with van der Waals surface area (Å²) in [7, 11) is 0. The number of hydrogen-bond donors (Lipinski definition) is 1. The number of nitrogens with zero attached hydrogens (tertiary/aromatic N) is 2. The van der Waals surface area contributed by atoms with Crippen LogP contribution < -0.4 is 5.32 Å². The van der Waals surface area contributed by atoms with E-state index < -0.39 is 0 Å². The molecule has 2 heterocycles. The number of benzene rings is 1. The van der Waals surface area contributed by atoms with E-state index in [1.807, 2.05) is 22.9 Å². The minimum Gasteiger partial charge on any atom is -0.310 e. The number of rotatable bonds is 5. The standard InChI is InChI=1S/C16H19N3OS/c1-2-3-10-19-15(8-9-17-19)18-16(20)14-11-12-6-4-5-7-13(12)21-14/h4-9,14H,2-3,10-11H2,1H3,(H,18,20)/t14-/m1/s1. The smallest absolute Gasteiger partial charge is 0.239 e. The molecular weight excluding hydrogens is 282 g/mol. The molecule has 4 nitrogen and oxygen atoms in total. The van der Waals surface area contributed by atoms with Crippen LogP contribution in [-0.2, 0) is 17.8 Å². The second-order valence-corrected chi connectivity index (χ2v) is 6.45. The van der Waals surface area contributed by atoms with E-state index in [9.17, 15) is 4.79 Å². The Kier molecular flexibility index (Phi) is 4.29. The summed E-state index contributed by atoms with van der Waals surface area (Å²) in [5.41, 5.74) is 1.27. The van der Waals surface area contributed by atoms with E-state index in [-0.39, 0.29) is 11.2 Å². The molecule has 21 heavy (non-hydrogen) atoms. The minimum absolute atomic E-state index is 0.0445. The maximum Gasteiger partial charge on any atom is 0.239 e. The highest BCUT2D eigenvalue weighted by molar-refractivity contribution is 8.01. The number of fused-ring (bicyclic) bond motifs is 1. The first-order valence-electron chi connectivity index (χ1n) is 7.35. The highest BCUT2D eigenvalue weighted by Crippen LogP contribution is 2.37. The van der Waals surface area contributed by atoms with Crippen LogP contribution in [0.4, 0.5) is 5.82 Å². The Balaban J connectivity index is 1.64. The Bertz CT molecular complexity index is 613.